The Labute approximate surface area is 138 Å². The molecule has 4 heteroatoms. The van der Waals surface area contributed by atoms with E-state index >= 15 is 0 Å². The molecule has 0 saturated heterocycles. The van der Waals surface area contributed by atoms with Crippen molar-refractivity contribution in [3.63, 3.8) is 0 Å². The Morgan fingerprint density at radius 3 is 2.65 bits per heavy atom. The number of amides is 1. The molecule has 1 aromatic heterocycles. The zero-order valence-electron chi connectivity index (χ0n) is 14.2. The number of nitrogens with one attached hydrogen (secondary N) is 1. The van der Waals surface area contributed by atoms with Gasteiger partial charge in [-0.1, -0.05) is 25.5 Å². The summed E-state index contributed by atoms with van der Waals surface area (Å²) in [5, 5.41) is 2.89. The molecule has 4 nitrogen and oxygen atoms in total. The first kappa shape index (κ1) is 17.0. The van der Waals surface area contributed by atoms with Gasteiger partial charge in [0.05, 0.1) is 11.9 Å². The van der Waals surface area contributed by atoms with Crippen molar-refractivity contribution >= 4 is 23.1 Å². The standard InChI is InChI=1S/C19H25N3O/c1-4-6-10-19(23)21-16-11-12-18(20-14-16)22(5-2)17-9-7-8-15(3)13-17/h7-9,11-14H,4-6,10H2,1-3H3,(H,21,23). The Hall–Kier alpha value is -2.36. The van der Waals surface area contributed by atoms with E-state index in [1.165, 1.54) is 5.56 Å². The number of hydrogen-bond donors (Lipinski definition) is 1. The third kappa shape index (κ3) is 4.81. The van der Waals surface area contributed by atoms with Gasteiger partial charge in [0.1, 0.15) is 5.82 Å². The van der Waals surface area contributed by atoms with Crippen LogP contribution in [0.25, 0.3) is 0 Å². The fourth-order valence-electron chi connectivity index (χ4n) is 2.45. The third-order valence-electron chi connectivity index (χ3n) is 3.70. The number of carbonyl (C=O) groups is 1. The number of carbonyl (C=O) groups excluding carboxylic acids is 1. The smallest absolute Gasteiger partial charge is 0.224 e. The van der Waals surface area contributed by atoms with Crippen LogP contribution in [0.15, 0.2) is 42.6 Å². The molecule has 1 aromatic carbocycles. The molecule has 0 aliphatic rings. The highest BCUT2D eigenvalue weighted by molar-refractivity contribution is 5.90. The summed E-state index contributed by atoms with van der Waals surface area (Å²) in [5.74, 6) is 0.928. The summed E-state index contributed by atoms with van der Waals surface area (Å²) in [6.45, 7) is 7.09. The molecule has 0 unspecified atom stereocenters. The summed E-state index contributed by atoms with van der Waals surface area (Å²) in [6.07, 6.45) is 4.21. The van der Waals surface area contributed by atoms with Crippen LogP contribution in [-0.4, -0.2) is 17.4 Å². The summed E-state index contributed by atoms with van der Waals surface area (Å²) in [7, 11) is 0. The van der Waals surface area contributed by atoms with Gasteiger partial charge in [-0.2, -0.15) is 0 Å². The Morgan fingerprint density at radius 1 is 1.22 bits per heavy atom. The van der Waals surface area contributed by atoms with Crippen molar-refractivity contribution in [1.29, 1.82) is 0 Å². The molecule has 0 saturated carbocycles. The van der Waals surface area contributed by atoms with Crippen LogP contribution in [0.4, 0.5) is 17.2 Å². The maximum Gasteiger partial charge on any atom is 0.224 e. The average molecular weight is 311 g/mol. The second kappa shape index (κ2) is 8.32. The van der Waals surface area contributed by atoms with Gasteiger partial charge < -0.3 is 10.2 Å². The minimum absolute atomic E-state index is 0.0485. The molecule has 2 rings (SSSR count). The van der Waals surface area contributed by atoms with Crippen LogP contribution < -0.4 is 10.2 Å². The summed E-state index contributed by atoms with van der Waals surface area (Å²) < 4.78 is 0. The second-order valence-electron chi connectivity index (χ2n) is 5.64. The fourth-order valence-corrected chi connectivity index (χ4v) is 2.45. The molecule has 2 aromatic rings. The molecule has 0 atom stereocenters. The third-order valence-corrected chi connectivity index (χ3v) is 3.70. The lowest BCUT2D eigenvalue weighted by Crippen LogP contribution is -2.17. The van der Waals surface area contributed by atoms with Crippen molar-refractivity contribution < 1.29 is 4.79 Å². The van der Waals surface area contributed by atoms with Crippen LogP contribution in [0.3, 0.4) is 0 Å². The van der Waals surface area contributed by atoms with Crippen LogP contribution >= 0.6 is 0 Å². The van der Waals surface area contributed by atoms with Crippen LogP contribution in [0.5, 0.6) is 0 Å². The summed E-state index contributed by atoms with van der Waals surface area (Å²) in [5.41, 5.74) is 3.09. The van der Waals surface area contributed by atoms with E-state index in [1.54, 1.807) is 6.20 Å². The van der Waals surface area contributed by atoms with Crippen LogP contribution in [-0.2, 0) is 4.79 Å². The zero-order chi connectivity index (χ0) is 16.7. The number of pyridine rings is 1. The minimum Gasteiger partial charge on any atom is -0.327 e. The zero-order valence-corrected chi connectivity index (χ0v) is 14.2. The van der Waals surface area contributed by atoms with Crippen LogP contribution in [0, 0.1) is 6.92 Å². The lowest BCUT2D eigenvalue weighted by molar-refractivity contribution is -0.116. The van der Waals surface area contributed by atoms with Crippen molar-refractivity contribution in [2.75, 3.05) is 16.8 Å². The first-order valence-corrected chi connectivity index (χ1v) is 8.24. The number of benzene rings is 1. The minimum atomic E-state index is 0.0485. The summed E-state index contributed by atoms with van der Waals surface area (Å²) in [6, 6.07) is 12.2. The van der Waals surface area contributed by atoms with Gasteiger partial charge in [-0.25, -0.2) is 4.98 Å². The van der Waals surface area contributed by atoms with E-state index in [0.29, 0.717) is 6.42 Å². The normalized spacial score (nSPS) is 10.4. The van der Waals surface area contributed by atoms with Gasteiger partial charge in [-0.3, -0.25) is 4.79 Å². The molecule has 0 fully saturated rings. The molecule has 0 aliphatic carbocycles. The highest BCUT2D eigenvalue weighted by Crippen LogP contribution is 2.24. The SMILES string of the molecule is CCCCC(=O)Nc1ccc(N(CC)c2cccc(C)c2)nc1. The Kier molecular flexibility index (Phi) is 6.15. The number of unbranched alkanes of at least 4 members (excludes halogenated alkanes) is 1. The highest BCUT2D eigenvalue weighted by atomic mass is 16.1. The molecule has 1 amide bonds. The predicted molar refractivity (Wildman–Crippen MR) is 96.3 cm³/mol. The van der Waals surface area contributed by atoms with Crippen molar-refractivity contribution in [3.8, 4) is 0 Å². The van der Waals surface area contributed by atoms with E-state index in [2.05, 4.69) is 60.2 Å². The first-order valence-electron chi connectivity index (χ1n) is 8.24. The van der Waals surface area contributed by atoms with Crippen molar-refractivity contribution in [3.05, 3.63) is 48.2 Å². The monoisotopic (exact) mass is 311 g/mol. The molecule has 122 valence electrons. The van der Waals surface area contributed by atoms with E-state index in [0.717, 1.165) is 36.6 Å². The predicted octanol–water partition coefficient (Wildman–Crippen LogP) is 4.68. The lowest BCUT2D eigenvalue weighted by atomic mass is 10.2. The lowest BCUT2D eigenvalue weighted by Gasteiger charge is -2.22. The highest BCUT2D eigenvalue weighted by Gasteiger charge is 2.09. The molecule has 0 spiro atoms. The van der Waals surface area contributed by atoms with Crippen LogP contribution in [0.1, 0.15) is 38.7 Å². The van der Waals surface area contributed by atoms with Crippen molar-refractivity contribution in [2.24, 2.45) is 0 Å². The van der Waals surface area contributed by atoms with Gasteiger partial charge in [-0.15, -0.1) is 0 Å². The quantitative estimate of drug-likeness (QED) is 0.807. The van der Waals surface area contributed by atoms with Gasteiger partial charge in [0.25, 0.3) is 0 Å². The van der Waals surface area contributed by atoms with Crippen LogP contribution in [0.2, 0.25) is 0 Å². The number of nitrogens with zero attached hydrogens (tertiary/aromatic N) is 2. The van der Waals surface area contributed by atoms with E-state index < -0.39 is 0 Å². The number of anilines is 3. The Bertz CT molecular complexity index is 637. The fraction of sp³-hybridized carbons (Fsp3) is 0.368. The van der Waals surface area contributed by atoms with Crippen molar-refractivity contribution in [1.82, 2.24) is 4.98 Å². The van der Waals surface area contributed by atoms with Gasteiger partial charge in [0.2, 0.25) is 5.91 Å². The molecule has 1 N–H and O–H groups in total. The number of aromatic nitrogens is 1. The van der Waals surface area contributed by atoms with E-state index in [4.69, 9.17) is 0 Å². The Morgan fingerprint density at radius 2 is 2.04 bits per heavy atom. The molecular weight excluding hydrogens is 286 g/mol. The number of aryl methyl sites for hydroxylation is 1. The number of rotatable bonds is 7. The molecule has 23 heavy (non-hydrogen) atoms. The summed E-state index contributed by atoms with van der Waals surface area (Å²) in [4.78, 5) is 18.4. The molecule has 0 radical (unpaired) electrons. The van der Waals surface area contributed by atoms with Gasteiger partial charge in [0.15, 0.2) is 0 Å². The molecule has 1 heterocycles. The van der Waals surface area contributed by atoms with Gasteiger partial charge in [0, 0.05) is 18.7 Å². The van der Waals surface area contributed by atoms with Crippen molar-refractivity contribution in [2.45, 2.75) is 40.0 Å². The van der Waals surface area contributed by atoms with Gasteiger partial charge >= 0.3 is 0 Å². The largest absolute Gasteiger partial charge is 0.327 e. The maximum atomic E-state index is 11.8. The molecule has 0 bridgehead atoms. The average Bonchev–Trinajstić information content (AvgIpc) is 2.55. The number of hydrogen-bond acceptors (Lipinski definition) is 3. The first-order chi connectivity index (χ1) is 11.1. The molecule has 0 aliphatic heterocycles. The van der Waals surface area contributed by atoms with E-state index in [-0.39, 0.29) is 5.91 Å². The maximum absolute atomic E-state index is 11.8. The van der Waals surface area contributed by atoms with E-state index in [9.17, 15) is 4.79 Å². The molecular formula is C19H25N3O. The topological polar surface area (TPSA) is 45.2 Å². The van der Waals surface area contributed by atoms with Gasteiger partial charge in [-0.05, 0) is 50.1 Å². The Balaban J connectivity index is 2.09. The second-order valence-corrected chi connectivity index (χ2v) is 5.64. The van der Waals surface area contributed by atoms with E-state index in [1.807, 2.05) is 12.1 Å². The summed E-state index contributed by atoms with van der Waals surface area (Å²) >= 11 is 0.